The van der Waals surface area contributed by atoms with Crippen LogP contribution in [0.2, 0.25) is 10.0 Å². The van der Waals surface area contributed by atoms with Gasteiger partial charge in [-0.1, -0.05) is 73.4 Å². The summed E-state index contributed by atoms with van der Waals surface area (Å²) < 4.78 is 5.22. The lowest BCUT2D eigenvalue weighted by Crippen LogP contribution is -2.29. The van der Waals surface area contributed by atoms with Gasteiger partial charge in [0.25, 0.3) is 11.7 Å². The zero-order valence-corrected chi connectivity index (χ0v) is 21.1. The van der Waals surface area contributed by atoms with E-state index in [0.717, 1.165) is 16.7 Å². The van der Waals surface area contributed by atoms with Crippen molar-refractivity contribution in [2.24, 2.45) is 0 Å². The van der Waals surface area contributed by atoms with Crippen LogP contribution in [0.15, 0.2) is 72.3 Å². The highest BCUT2D eigenvalue weighted by molar-refractivity contribution is 6.46. The molecular formula is C28H25Cl2NO4. The van der Waals surface area contributed by atoms with Gasteiger partial charge >= 0.3 is 0 Å². The summed E-state index contributed by atoms with van der Waals surface area (Å²) >= 11 is 12.2. The SMILES string of the molecule is COc1ccc(CN2C(=O)C(=O)/C(=C(\O)c3ccc(Cl)c(Cl)c3)C2c2ccc(C(C)C)cc2)cc1. The monoisotopic (exact) mass is 509 g/mol. The molecule has 1 saturated heterocycles. The molecule has 0 spiro atoms. The standard InChI is InChI=1S/C28H25Cl2NO4/c1-16(2)18-6-8-19(9-7-18)25-24(26(32)20-10-13-22(29)23(30)14-20)27(33)28(34)31(25)15-17-4-11-21(35-3)12-5-17/h4-14,16,25,32H,15H2,1-3H3/b26-24-. The van der Waals surface area contributed by atoms with E-state index in [1.165, 1.54) is 11.0 Å². The number of methoxy groups -OCH3 is 1. The number of halogens is 2. The number of rotatable bonds is 6. The lowest BCUT2D eigenvalue weighted by Gasteiger charge is -2.26. The van der Waals surface area contributed by atoms with Crippen LogP contribution < -0.4 is 4.74 Å². The Morgan fingerprint density at radius 1 is 0.971 bits per heavy atom. The molecule has 0 saturated carbocycles. The number of ketones is 1. The molecule has 4 rings (SSSR count). The van der Waals surface area contributed by atoms with Crippen molar-refractivity contribution in [3.05, 3.63) is 105 Å². The second-order valence-corrected chi connectivity index (χ2v) is 9.54. The molecule has 1 aliphatic heterocycles. The summed E-state index contributed by atoms with van der Waals surface area (Å²) in [5.41, 5.74) is 3.00. The summed E-state index contributed by atoms with van der Waals surface area (Å²) in [4.78, 5) is 27.9. The molecular weight excluding hydrogens is 485 g/mol. The van der Waals surface area contributed by atoms with E-state index in [9.17, 15) is 14.7 Å². The van der Waals surface area contributed by atoms with Gasteiger partial charge in [0.15, 0.2) is 0 Å². The third kappa shape index (κ3) is 4.93. The minimum Gasteiger partial charge on any atom is -0.507 e. The van der Waals surface area contributed by atoms with Crippen LogP contribution in [0.5, 0.6) is 5.75 Å². The van der Waals surface area contributed by atoms with Crippen LogP contribution in [0.3, 0.4) is 0 Å². The predicted octanol–water partition coefficient (Wildman–Crippen LogP) is 6.75. The number of aliphatic hydroxyl groups is 1. The average molecular weight is 510 g/mol. The number of likely N-dealkylation sites (tertiary alicyclic amines) is 1. The van der Waals surface area contributed by atoms with Crippen LogP contribution in [0, 0.1) is 0 Å². The first-order chi connectivity index (χ1) is 16.7. The fourth-order valence-electron chi connectivity index (χ4n) is 4.18. The van der Waals surface area contributed by atoms with Gasteiger partial charge in [-0.05, 0) is 52.9 Å². The summed E-state index contributed by atoms with van der Waals surface area (Å²) in [7, 11) is 1.58. The summed E-state index contributed by atoms with van der Waals surface area (Å²) in [6, 6.07) is 18.9. The normalized spacial score (nSPS) is 17.3. The van der Waals surface area contributed by atoms with Gasteiger partial charge in [0.1, 0.15) is 11.5 Å². The van der Waals surface area contributed by atoms with Gasteiger partial charge in [0, 0.05) is 12.1 Å². The molecule has 0 aromatic heterocycles. The van der Waals surface area contributed by atoms with Crippen LogP contribution in [0.4, 0.5) is 0 Å². The number of aliphatic hydroxyl groups excluding tert-OH is 1. The topological polar surface area (TPSA) is 66.8 Å². The zero-order valence-electron chi connectivity index (χ0n) is 19.6. The maximum Gasteiger partial charge on any atom is 0.295 e. The van der Waals surface area contributed by atoms with E-state index in [4.69, 9.17) is 27.9 Å². The molecule has 1 fully saturated rings. The lowest BCUT2D eigenvalue weighted by atomic mass is 9.93. The van der Waals surface area contributed by atoms with Crippen LogP contribution in [-0.2, 0) is 16.1 Å². The Labute approximate surface area is 214 Å². The van der Waals surface area contributed by atoms with Gasteiger partial charge in [-0.25, -0.2) is 0 Å². The highest BCUT2D eigenvalue weighted by Gasteiger charge is 2.46. The Morgan fingerprint density at radius 2 is 1.63 bits per heavy atom. The van der Waals surface area contributed by atoms with E-state index in [0.29, 0.717) is 22.3 Å². The lowest BCUT2D eigenvalue weighted by molar-refractivity contribution is -0.140. The number of Topliss-reactive ketones (excluding diaryl/α,β-unsaturated/α-hetero) is 1. The average Bonchev–Trinajstić information content (AvgIpc) is 3.10. The molecule has 0 aliphatic carbocycles. The first-order valence-electron chi connectivity index (χ1n) is 11.2. The van der Waals surface area contributed by atoms with Crippen LogP contribution in [-0.4, -0.2) is 28.8 Å². The highest BCUT2D eigenvalue weighted by Crippen LogP contribution is 2.41. The molecule has 3 aromatic carbocycles. The Morgan fingerprint density at radius 3 is 2.20 bits per heavy atom. The van der Waals surface area contributed by atoms with E-state index >= 15 is 0 Å². The van der Waals surface area contributed by atoms with Crippen LogP contribution in [0.1, 0.15) is 48.1 Å². The molecule has 0 radical (unpaired) electrons. The third-order valence-corrected chi connectivity index (χ3v) is 6.90. The maximum absolute atomic E-state index is 13.2. The smallest absolute Gasteiger partial charge is 0.295 e. The fraction of sp³-hybridized carbons (Fsp3) is 0.214. The van der Waals surface area contributed by atoms with Crippen molar-refractivity contribution in [1.82, 2.24) is 4.90 Å². The molecule has 7 heteroatoms. The van der Waals surface area contributed by atoms with Gasteiger partial charge in [-0.2, -0.15) is 0 Å². The molecule has 1 N–H and O–H groups in total. The maximum atomic E-state index is 13.2. The Kier molecular flexibility index (Phi) is 7.20. The van der Waals surface area contributed by atoms with Gasteiger partial charge in [-0.3, -0.25) is 9.59 Å². The first kappa shape index (κ1) is 24.8. The van der Waals surface area contributed by atoms with Crippen molar-refractivity contribution in [3.8, 4) is 5.75 Å². The number of benzene rings is 3. The quantitative estimate of drug-likeness (QED) is 0.226. The van der Waals surface area contributed by atoms with Gasteiger partial charge in [-0.15, -0.1) is 0 Å². The van der Waals surface area contributed by atoms with Gasteiger partial charge in [0.05, 0.1) is 28.8 Å². The Bertz CT molecular complexity index is 1300. The number of hydrogen-bond donors (Lipinski definition) is 1. The van der Waals surface area contributed by atoms with Crippen molar-refractivity contribution in [1.29, 1.82) is 0 Å². The molecule has 1 amide bonds. The first-order valence-corrected chi connectivity index (χ1v) is 11.9. The van der Waals surface area contributed by atoms with Gasteiger partial charge < -0.3 is 14.7 Å². The number of hydrogen-bond acceptors (Lipinski definition) is 4. The van der Waals surface area contributed by atoms with E-state index in [2.05, 4.69) is 13.8 Å². The van der Waals surface area contributed by atoms with Crippen molar-refractivity contribution in [2.45, 2.75) is 32.4 Å². The van der Waals surface area contributed by atoms with E-state index in [1.54, 1.807) is 31.4 Å². The van der Waals surface area contributed by atoms with Crippen molar-refractivity contribution in [2.75, 3.05) is 7.11 Å². The second-order valence-electron chi connectivity index (χ2n) is 8.73. The molecule has 5 nitrogen and oxygen atoms in total. The molecule has 180 valence electrons. The highest BCUT2D eigenvalue weighted by atomic mass is 35.5. The largest absolute Gasteiger partial charge is 0.507 e. The van der Waals surface area contributed by atoms with E-state index < -0.39 is 17.7 Å². The van der Waals surface area contributed by atoms with Crippen molar-refractivity contribution in [3.63, 3.8) is 0 Å². The van der Waals surface area contributed by atoms with Crippen LogP contribution in [0.25, 0.3) is 5.76 Å². The third-order valence-electron chi connectivity index (χ3n) is 6.16. The molecule has 1 aliphatic rings. The summed E-state index contributed by atoms with van der Waals surface area (Å²) in [5.74, 6) is -0.709. The number of amides is 1. The summed E-state index contributed by atoms with van der Waals surface area (Å²) in [5, 5.41) is 11.8. The number of carbonyl (C=O) groups excluding carboxylic acids is 2. The zero-order chi connectivity index (χ0) is 25.3. The summed E-state index contributed by atoms with van der Waals surface area (Å²) in [6.07, 6.45) is 0. The van der Waals surface area contributed by atoms with E-state index in [-0.39, 0.29) is 22.9 Å². The van der Waals surface area contributed by atoms with Crippen molar-refractivity contribution >= 4 is 40.7 Å². The number of nitrogens with zero attached hydrogens (tertiary/aromatic N) is 1. The molecule has 1 unspecified atom stereocenters. The minimum atomic E-state index is -0.771. The molecule has 0 bridgehead atoms. The number of carbonyl (C=O) groups is 2. The van der Waals surface area contributed by atoms with E-state index in [1.807, 2.05) is 36.4 Å². The van der Waals surface area contributed by atoms with Crippen molar-refractivity contribution < 1.29 is 19.4 Å². The van der Waals surface area contributed by atoms with Crippen LogP contribution >= 0.6 is 23.2 Å². The predicted molar refractivity (Wildman–Crippen MR) is 138 cm³/mol. The molecule has 35 heavy (non-hydrogen) atoms. The number of ether oxygens (including phenoxy) is 1. The molecule has 1 atom stereocenters. The fourth-order valence-corrected chi connectivity index (χ4v) is 4.48. The Hall–Kier alpha value is -3.28. The van der Waals surface area contributed by atoms with Gasteiger partial charge in [0.2, 0.25) is 0 Å². The second kappa shape index (κ2) is 10.1. The molecule has 1 heterocycles. The molecule has 3 aromatic rings. The Balaban J connectivity index is 1.84. The summed E-state index contributed by atoms with van der Waals surface area (Å²) in [6.45, 7) is 4.37. The minimum absolute atomic E-state index is 0.0131.